The van der Waals surface area contributed by atoms with Gasteiger partial charge in [0.2, 0.25) is 0 Å². The third kappa shape index (κ3) is 6.89. The van der Waals surface area contributed by atoms with Crippen molar-refractivity contribution in [3.05, 3.63) is 113 Å². The van der Waals surface area contributed by atoms with E-state index < -0.39 is 22.5 Å². The Bertz CT molecular complexity index is 2030. The summed E-state index contributed by atoms with van der Waals surface area (Å²) in [4.78, 5) is 43.8. The smallest absolute Gasteiger partial charge is 0.338 e. The number of allylic oxidation sites excluding steroid dienone is 1. The standard InChI is InChI=1S/C34H33N3O9S/c1-5-43-26-15-22(13-14-25(26)38)31-30(33(40)45-7-3)20(4)36-32(39)29(47-34(36)35-31)17-23-16-27(44-6-2)28(18-24(23)37(41)42)46-19-21-11-9-8-10-12-21/h8-18,31,38H,5-7,19H2,1-4H3/b29-17-/t31-/m1/s1. The first-order valence-corrected chi connectivity index (χ1v) is 15.8. The Balaban J connectivity index is 1.66. The lowest BCUT2D eigenvalue weighted by molar-refractivity contribution is -0.385. The molecule has 0 saturated carbocycles. The Hall–Kier alpha value is -5.43. The number of phenolic OH excluding ortho intramolecular Hbond substituents is 1. The molecule has 0 amide bonds. The van der Waals surface area contributed by atoms with Crippen molar-refractivity contribution < 1.29 is 33.8 Å². The minimum Gasteiger partial charge on any atom is -0.504 e. The maximum Gasteiger partial charge on any atom is 0.338 e. The van der Waals surface area contributed by atoms with Gasteiger partial charge in [0.05, 0.1) is 46.5 Å². The molecule has 1 aliphatic rings. The molecule has 47 heavy (non-hydrogen) atoms. The molecular weight excluding hydrogens is 626 g/mol. The van der Waals surface area contributed by atoms with E-state index in [0.717, 1.165) is 16.9 Å². The third-order valence-electron chi connectivity index (χ3n) is 7.25. The summed E-state index contributed by atoms with van der Waals surface area (Å²) in [5, 5.41) is 22.5. The summed E-state index contributed by atoms with van der Waals surface area (Å²) in [6.07, 6.45) is 1.41. The minimum absolute atomic E-state index is 0.0702. The minimum atomic E-state index is -0.875. The van der Waals surface area contributed by atoms with Crippen LogP contribution in [0.5, 0.6) is 23.0 Å². The van der Waals surface area contributed by atoms with Gasteiger partial charge in [-0.05, 0) is 63.1 Å². The quantitative estimate of drug-likeness (QED) is 0.127. The lowest BCUT2D eigenvalue weighted by Crippen LogP contribution is -2.35. The first kappa shape index (κ1) is 32.9. The summed E-state index contributed by atoms with van der Waals surface area (Å²) in [7, 11) is 0. The predicted molar refractivity (Wildman–Crippen MR) is 176 cm³/mol. The van der Waals surface area contributed by atoms with E-state index in [1.165, 1.54) is 28.8 Å². The molecule has 0 fully saturated rings. The van der Waals surface area contributed by atoms with Gasteiger partial charge in [-0.3, -0.25) is 19.5 Å². The molecule has 0 radical (unpaired) electrons. The van der Waals surface area contributed by atoms with E-state index in [4.69, 9.17) is 23.9 Å². The van der Waals surface area contributed by atoms with Gasteiger partial charge >= 0.3 is 5.97 Å². The van der Waals surface area contributed by atoms with Crippen LogP contribution in [0.1, 0.15) is 50.4 Å². The van der Waals surface area contributed by atoms with Crippen LogP contribution >= 0.6 is 11.3 Å². The van der Waals surface area contributed by atoms with Gasteiger partial charge in [0.15, 0.2) is 27.8 Å². The molecule has 12 nitrogen and oxygen atoms in total. The number of thiazole rings is 1. The van der Waals surface area contributed by atoms with Gasteiger partial charge in [-0.25, -0.2) is 9.79 Å². The number of benzene rings is 3. The first-order chi connectivity index (χ1) is 22.7. The van der Waals surface area contributed by atoms with Crippen molar-refractivity contribution in [2.45, 2.75) is 40.3 Å². The van der Waals surface area contributed by atoms with Crippen LogP contribution in [0.25, 0.3) is 11.8 Å². The van der Waals surface area contributed by atoms with Gasteiger partial charge in [-0.15, -0.1) is 0 Å². The fraction of sp³-hybridized carbons (Fsp3) is 0.265. The third-order valence-corrected chi connectivity index (χ3v) is 8.24. The second kappa shape index (κ2) is 14.3. The molecule has 5 rings (SSSR count). The number of aromatic nitrogens is 1. The van der Waals surface area contributed by atoms with Gasteiger partial charge in [-0.1, -0.05) is 47.7 Å². The number of hydrogen-bond donors (Lipinski definition) is 1. The van der Waals surface area contributed by atoms with Crippen LogP contribution in [0.3, 0.4) is 0 Å². The Labute approximate surface area is 273 Å². The Morgan fingerprint density at radius 2 is 1.70 bits per heavy atom. The highest BCUT2D eigenvalue weighted by atomic mass is 32.1. The molecule has 0 saturated heterocycles. The van der Waals surface area contributed by atoms with Crippen molar-refractivity contribution in [1.29, 1.82) is 0 Å². The van der Waals surface area contributed by atoms with E-state index in [9.17, 15) is 24.8 Å². The molecule has 1 aliphatic heterocycles. The van der Waals surface area contributed by atoms with Crippen LogP contribution in [0, 0.1) is 10.1 Å². The molecule has 0 bridgehead atoms. The van der Waals surface area contributed by atoms with Crippen LogP contribution in [-0.4, -0.2) is 40.4 Å². The number of carbonyl (C=O) groups is 1. The number of esters is 1. The molecule has 1 aromatic heterocycles. The number of nitro benzene ring substituents is 1. The lowest BCUT2D eigenvalue weighted by Gasteiger charge is -2.22. The van der Waals surface area contributed by atoms with Crippen molar-refractivity contribution in [2.24, 2.45) is 4.99 Å². The fourth-order valence-electron chi connectivity index (χ4n) is 5.13. The van der Waals surface area contributed by atoms with Crippen LogP contribution < -0.4 is 29.1 Å². The molecule has 2 heterocycles. The van der Waals surface area contributed by atoms with E-state index in [-0.39, 0.29) is 69.0 Å². The van der Waals surface area contributed by atoms with E-state index in [1.54, 1.807) is 39.8 Å². The van der Waals surface area contributed by atoms with Gasteiger partial charge in [0.25, 0.3) is 11.2 Å². The zero-order chi connectivity index (χ0) is 33.7. The van der Waals surface area contributed by atoms with Gasteiger partial charge in [0.1, 0.15) is 12.6 Å². The molecular formula is C34H33N3O9S. The molecule has 13 heteroatoms. The maximum absolute atomic E-state index is 13.8. The number of fused-ring (bicyclic) bond motifs is 1. The zero-order valence-corrected chi connectivity index (χ0v) is 27.0. The Morgan fingerprint density at radius 3 is 2.38 bits per heavy atom. The molecule has 4 aromatic rings. The molecule has 0 spiro atoms. The average Bonchev–Trinajstić information content (AvgIpc) is 3.36. The van der Waals surface area contributed by atoms with Crippen LogP contribution in [0.2, 0.25) is 0 Å². The number of nitrogens with zero attached hydrogens (tertiary/aromatic N) is 3. The monoisotopic (exact) mass is 659 g/mol. The van der Waals surface area contributed by atoms with Crippen LogP contribution in [0.15, 0.2) is 76.0 Å². The van der Waals surface area contributed by atoms with Crippen LogP contribution in [0.4, 0.5) is 5.69 Å². The largest absolute Gasteiger partial charge is 0.504 e. The van der Waals surface area contributed by atoms with E-state index in [2.05, 4.69) is 0 Å². The summed E-state index contributed by atoms with van der Waals surface area (Å²) < 4.78 is 24.0. The van der Waals surface area contributed by atoms with E-state index >= 15 is 0 Å². The topological polar surface area (TPSA) is 152 Å². The summed E-state index contributed by atoms with van der Waals surface area (Å²) in [6.45, 7) is 7.71. The summed E-state index contributed by atoms with van der Waals surface area (Å²) in [6, 6.07) is 15.9. The van der Waals surface area contributed by atoms with E-state index in [1.807, 2.05) is 30.3 Å². The second-order valence-electron chi connectivity index (χ2n) is 10.3. The fourth-order valence-corrected chi connectivity index (χ4v) is 6.16. The SMILES string of the molecule is CCOC(=O)C1=C(C)n2c(s/c(=C\c3cc(OCC)c(OCc4ccccc4)cc3[N+](=O)[O-])c2=O)=N[C@@H]1c1ccc(O)c(OCC)c1. The summed E-state index contributed by atoms with van der Waals surface area (Å²) >= 11 is 1.02. The summed E-state index contributed by atoms with van der Waals surface area (Å²) in [5.41, 5.74) is 1.19. The van der Waals surface area contributed by atoms with Gasteiger partial charge < -0.3 is 24.1 Å². The van der Waals surface area contributed by atoms with Gasteiger partial charge in [-0.2, -0.15) is 0 Å². The highest BCUT2D eigenvalue weighted by molar-refractivity contribution is 7.07. The number of carbonyl (C=O) groups excluding carboxylic acids is 1. The number of aromatic hydroxyl groups is 1. The number of hydrogen-bond acceptors (Lipinski definition) is 11. The molecule has 0 aliphatic carbocycles. The first-order valence-electron chi connectivity index (χ1n) is 14.9. The Morgan fingerprint density at radius 1 is 1.00 bits per heavy atom. The highest BCUT2D eigenvalue weighted by Crippen LogP contribution is 2.38. The summed E-state index contributed by atoms with van der Waals surface area (Å²) in [5.74, 6) is -0.0264. The molecule has 3 aromatic carbocycles. The van der Waals surface area contributed by atoms with Gasteiger partial charge in [0, 0.05) is 5.70 Å². The number of rotatable bonds is 12. The molecule has 1 atom stereocenters. The van der Waals surface area contributed by atoms with Crippen molar-refractivity contribution in [3.8, 4) is 23.0 Å². The van der Waals surface area contributed by atoms with Crippen molar-refractivity contribution in [2.75, 3.05) is 19.8 Å². The lowest BCUT2D eigenvalue weighted by atomic mass is 9.96. The predicted octanol–water partition coefficient (Wildman–Crippen LogP) is 4.90. The number of phenols is 1. The molecule has 244 valence electrons. The van der Waals surface area contributed by atoms with Crippen molar-refractivity contribution in [1.82, 2.24) is 4.57 Å². The molecule has 1 N–H and O–H groups in total. The number of ether oxygens (including phenoxy) is 4. The highest BCUT2D eigenvalue weighted by Gasteiger charge is 2.32. The Kier molecular flexibility index (Phi) is 10.0. The van der Waals surface area contributed by atoms with Crippen molar-refractivity contribution >= 4 is 34.8 Å². The maximum atomic E-state index is 13.8. The zero-order valence-electron chi connectivity index (χ0n) is 26.2. The number of nitro groups is 1. The average molecular weight is 660 g/mol. The van der Waals surface area contributed by atoms with Crippen LogP contribution in [-0.2, 0) is 16.1 Å². The van der Waals surface area contributed by atoms with E-state index in [0.29, 0.717) is 17.9 Å². The normalized spacial score (nSPS) is 14.3. The molecule has 0 unspecified atom stereocenters. The second-order valence-corrected chi connectivity index (χ2v) is 11.3. The van der Waals surface area contributed by atoms with Crippen molar-refractivity contribution in [3.63, 3.8) is 0 Å².